The molecule has 0 aromatic carbocycles. The van der Waals surface area contributed by atoms with Crippen molar-refractivity contribution in [3.05, 3.63) is 23.3 Å². The van der Waals surface area contributed by atoms with Crippen LogP contribution in [0.4, 0.5) is 0 Å². The molecule has 0 aromatic rings. The van der Waals surface area contributed by atoms with Crippen molar-refractivity contribution in [3.8, 4) is 0 Å². The van der Waals surface area contributed by atoms with Gasteiger partial charge in [-0.15, -0.1) is 0 Å². The molecule has 0 radical (unpaired) electrons. The first kappa shape index (κ1) is 11.4. The van der Waals surface area contributed by atoms with Crippen molar-refractivity contribution < 1.29 is 9.53 Å². The third-order valence-electron chi connectivity index (χ3n) is 4.40. The first-order valence-electron chi connectivity index (χ1n) is 5.93. The third-order valence-corrected chi connectivity index (χ3v) is 4.40. The van der Waals surface area contributed by atoms with Crippen LogP contribution in [-0.4, -0.2) is 13.1 Å². The van der Waals surface area contributed by atoms with Gasteiger partial charge in [0.15, 0.2) is 0 Å². The van der Waals surface area contributed by atoms with E-state index in [-0.39, 0.29) is 5.97 Å². The predicted octanol–water partition coefficient (Wildman–Crippen LogP) is 3.10. The molecule has 2 unspecified atom stereocenters. The summed E-state index contributed by atoms with van der Waals surface area (Å²) in [5.41, 5.74) is 2.45. The average Bonchev–Trinajstić information content (AvgIpc) is 2.27. The van der Waals surface area contributed by atoms with Crippen molar-refractivity contribution in [2.24, 2.45) is 17.3 Å². The Morgan fingerprint density at radius 2 is 2.25 bits per heavy atom. The quantitative estimate of drug-likeness (QED) is 0.528. The lowest BCUT2D eigenvalue weighted by Crippen LogP contribution is -2.47. The monoisotopic (exact) mass is 220 g/mol. The van der Waals surface area contributed by atoms with Crippen LogP contribution in [-0.2, 0) is 9.53 Å². The first-order valence-corrected chi connectivity index (χ1v) is 5.93. The maximum Gasteiger partial charge on any atom is 0.333 e. The van der Waals surface area contributed by atoms with Crippen LogP contribution in [0.2, 0.25) is 0 Å². The van der Waals surface area contributed by atoms with Gasteiger partial charge < -0.3 is 4.74 Å². The van der Waals surface area contributed by atoms with E-state index in [4.69, 9.17) is 4.74 Å². The molecule has 16 heavy (non-hydrogen) atoms. The minimum absolute atomic E-state index is 0.222. The summed E-state index contributed by atoms with van der Waals surface area (Å²) in [5, 5.41) is 0. The van der Waals surface area contributed by atoms with Crippen LogP contribution in [0.1, 0.15) is 33.6 Å². The number of hydrogen-bond donors (Lipinski definition) is 0. The number of esters is 1. The highest BCUT2D eigenvalue weighted by Crippen LogP contribution is 2.59. The second-order valence-corrected chi connectivity index (χ2v) is 5.57. The highest BCUT2D eigenvalue weighted by Gasteiger charge is 2.50. The lowest BCUT2D eigenvalue weighted by atomic mass is 9.49. The Hall–Kier alpha value is -1.05. The molecule has 1 fully saturated rings. The average molecular weight is 220 g/mol. The van der Waals surface area contributed by atoms with Gasteiger partial charge in [-0.05, 0) is 48.7 Å². The van der Waals surface area contributed by atoms with Gasteiger partial charge in [-0.3, -0.25) is 0 Å². The van der Waals surface area contributed by atoms with E-state index in [9.17, 15) is 4.79 Å². The molecule has 0 heterocycles. The van der Waals surface area contributed by atoms with Crippen molar-refractivity contribution in [1.29, 1.82) is 0 Å². The minimum atomic E-state index is -0.222. The molecule has 0 aromatic heterocycles. The Kier molecular flexibility index (Phi) is 2.69. The second kappa shape index (κ2) is 3.76. The number of carbonyl (C=O) groups excluding carboxylic acids is 1. The summed E-state index contributed by atoms with van der Waals surface area (Å²) in [6.07, 6.45) is 6.73. The molecule has 2 heteroatoms. The van der Waals surface area contributed by atoms with Gasteiger partial charge in [0.05, 0.1) is 7.11 Å². The van der Waals surface area contributed by atoms with E-state index in [0.717, 1.165) is 12.3 Å². The maximum absolute atomic E-state index is 11.3. The molecule has 0 saturated heterocycles. The molecule has 2 atom stereocenters. The van der Waals surface area contributed by atoms with Gasteiger partial charge >= 0.3 is 5.97 Å². The van der Waals surface area contributed by atoms with Crippen LogP contribution in [0.15, 0.2) is 23.3 Å². The summed E-state index contributed by atoms with van der Waals surface area (Å²) in [6.45, 7) is 6.49. The van der Waals surface area contributed by atoms with Gasteiger partial charge in [0, 0.05) is 5.57 Å². The molecule has 1 saturated carbocycles. The number of allylic oxidation sites excluding steroid dienone is 3. The Morgan fingerprint density at radius 1 is 1.56 bits per heavy atom. The number of carbonyl (C=O) groups is 1. The third kappa shape index (κ3) is 1.60. The molecule has 2 bridgehead atoms. The number of hydrogen-bond acceptors (Lipinski definition) is 2. The van der Waals surface area contributed by atoms with E-state index >= 15 is 0 Å². The first-order chi connectivity index (χ1) is 7.46. The predicted molar refractivity (Wildman–Crippen MR) is 63.9 cm³/mol. The highest BCUT2D eigenvalue weighted by atomic mass is 16.5. The zero-order chi connectivity index (χ0) is 11.9. The SMILES string of the molecule is COC(=O)/C(C)=C/C1=CCC2CC1C2(C)C. The van der Waals surface area contributed by atoms with Crippen LogP contribution in [0.3, 0.4) is 0 Å². The minimum Gasteiger partial charge on any atom is -0.466 e. The largest absolute Gasteiger partial charge is 0.466 e. The lowest BCUT2D eigenvalue weighted by Gasteiger charge is -2.56. The number of rotatable bonds is 2. The van der Waals surface area contributed by atoms with E-state index < -0.39 is 0 Å². The van der Waals surface area contributed by atoms with E-state index in [0.29, 0.717) is 16.9 Å². The summed E-state index contributed by atoms with van der Waals surface area (Å²) in [5.74, 6) is 1.25. The number of fused-ring (bicyclic) bond motifs is 1. The van der Waals surface area contributed by atoms with E-state index in [1.807, 2.05) is 13.0 Å². The molecular formula is C14H20O2. The number of methoxy groups -OCH3 is 1. The van der Waals surface area contributed by atoms with Gasteiger partial charge in [-0.25, -0.2) is 4.79 Å². The summed E-state index contributed by atoms with van der Waals surface area (Å²) < 4.78 is 4.72. The van der Waals surface area contributed by atoms with Gasteiger partial charge in [0.2, 0.25) is 0 Å². The van der Waals surface area contributed by atoms with Crippen molar-refractivity contribution in [1.82, 2.24) is 0 Å². The Morgan fingerprint density at radius 3 is 2.75 bits per heavy atom. The normalized spacial score (nSPS) is 31.5. The van der Waals surface area contributed by atoms with E-state index in [1.54, 1.807) is 0 Å². The molecule has 0 amide bonds. The zero-order valence-electron chi connectivity index (χ0n) is 10.5. The van der Waals surface area contributed by atoms with Gasteiger partial charge in [-0.2, -0.15) is 0 Å². The van der Waals surface area contributed by atoms with Crippen molar-refractivity contribution >= 4 is 5.97 Å². The van der Waals surface area contributed by atoms with E-state index in [1.165, 1.54) is 19.1 Å². The van der Waals surface area contributed by atoms with Crippen LogP contribution in [0.25, 0.3) is 0 Å². The molecule has 88 valence electrons. The fourth-order valence-electron chi connectivity index (χ4n) is 3.03. The highest BCUT2D eigenvalue weighted by molar-refractivity contribution is 5.88. The summed E-state index contributed by atoms with van der Waals surface area (Å²) >= 11 is 0. The van der Waals surface area contributed by atoms with Gasteiger partial charge in [-0.1, -0.05) is 19.9 Å². The lowest BCUT2D eigenvalue weighted by molar-refractivity contribution is -0.136. The summed E-state index contributed by atoms with van der Waals surface area (Å²) in [4.78, 5) is 11.3. The molecule has 0 spiro atoms. The zero-order valence-corrected chi connectivity index (χ0v) is 10.5. The Labute approximate surface area is 97.4 Å². The second-order valence-electron chi connectivity index (χ2n) is 5.57. The van der Waals surface area contributed by atoms with Crippen molar-refractivity contribution in [3.63, 3.8) is 0 Å². The standard InChI is InChI=1S/C14H20O2/c1-9(13(15)16-4)7-10-5-6-11-8-12(10)14(11,2)3/h5,7,11-12H,6,8H2,1-4H3/b9-7+. The van der Waals surface area contributed by atoms with Crippen molar-refractivity contribution in [2.75, 3.05) is 7.11 Å². The summed E-state index contributed by atoms with van der Waals surface area (Å²) in [6, 6.07) is 0. The van der Waals surface area contributed by atoms with Crippen LogP contribution < -0.4 is 0 Å². The molecule has 3 rings (SSSR count). The fraction of sp³-hybridized carbons (Fsp3) is 0.643. The van der Waals surface area contributed by atoms with Crippen LogP contribution in [0.5, 0.6) is 0 Å². The number of ether oxygens (including phenoxy) is 1. The Balaban J connectivity index is 2.18. The molecule has 3 aliphatic rings. The van der Waals surface area contributed by atoms with Gasteiger partial charge in [0.1, 0.15) is 0 Å². The fourth-order valence-corrected chi connectivity index (χ4v) is 3.03. The Bertz CT molecular complexity index is 374. The van der Waals surface area contributed by atoms with E-state index in [2.05, 4.69) is 19.9 Å². The smallest absolute Gasteiger partial charge is 0.333 e. The van der Waals surface area contributed by atoms with Crippen LogP contribution in [0, 0.1) is 17.3 Å². The van der Waals surface area contributed by atoms with Crippen LogP contribution >= 0.6 is 0 Å². The molecule has 2 nitrogen and oxygen atoms in total. The van der Waals surface area contributed by atoms with Crippen molar-refractivity contribution in [2.45, 2.75) is 33.6 Å². The van der Waals surface area contributed by atoms with Gasteiger partial charge in [0.25, 0.3) is 0 Å². The molecular weight excluding hydrogens is 200 g/mol. The molecule has 3 aliphatic carbocycles. The summed E-state index contributed by atoms with van der Waals surface area (Å²) in [7, 11) is 1.43. The topological polar surface area (TPSA) is 26.3 Å². The molecule has 0 N–H and O–H groups in total. The molecule has 0 aliphatic heterocycles. The maximum atomic E-state index is 11.3.